The number of benzene rings is 1. The van der Waals surface area contributed by atoms with Crippen molar-refractivity contribution in [3.05, 3.63) is 33.8 Å². The van der Waals surface area contributed by atoms with Gasteiger partial charge in [-0.3, -0.25) is 9.59 Å². The van der Waals surface area contributed by atoms with E-state index in [0.717, 1.165) is 37.7 Å². The molecule has 2 rings (SSSR count). The van der Waals surface area contributed by atoms with Gasteiger partial charge in [-0.2, -0.15) is 0 Å². The number of hydrogen-bond donors (Lipinski definition) is 3. The third-order valence-corrected chi connectivity index (χ3v) is 5.59. The Hall–Kier alpha value is -1.30. The fourth-order valence-electron chi connectivity index (χ4n) is 3.46. The van der Waals surface area contributed by atoms with Crippen LogP contribution in [0.3, 0.4) is 0 Å². The average Bonchev–Trinajstić information content (AvgIpc) is 2.56. The summed E-state index contributed by atoms with van der Waals surface area (Å²) in [6.07, 6.45) is 5.18. The van der Waals surface area contributed by atoms with Crippen LogP contribution in [-0.4, -0.2) is 29.6 Å². The zero-order chi connectivity index (χ0) is 18.4. The molecule has 0 radical (unpaired) electrons. The van der Waals surface area contributed by atoms with Gasteiger partial charge >= 0.3 is 5.97 Å². The number of carbonyl (C=O) groups excluding carboxylic acids is 1. The minimum Gasteiger partial charge on any atom is -0.481 e. The van der Waals surface area contributed by atoms with Crippen molar-refractivity contribution in [1.82, 2.24) is 5.32 Å². The Morgan fingerprint density at radius 3 is 2.48 bits per heavy atom. The molecule has 0 aromatic heterocycles. The smallest absolute Gasteiger partial charge is 0.303 e. The van der Waals surface area contributed by atoms with Gasteiger partial charge in [0.25, 0.3) is 0 Å². The van der Waals surface area contributed by atoms with Crippen molar-refractivity contribution in [2.75, 3.05) is 6.54 Å². The van der Waals surface area contributed by atoms with Crippen LogP contribution < -0.4 is 11.1 Å². The lowest BCUT2D eigenvalue weighted by Crippen LogP contribution is -2.47. The fraction of sp³-hybridized carbons (Fsp3) is 0.556. The van der Waals surface area contributed by atoms with Crippen molar-refractivity contribution in [1.29, 1.82) is 0 Å². The number of rotatable bonds is 7. The topological polar surface area (TPSA) is 92.4 Å². The van der Waals surface area contributed by atoms with Crippen molar-refractivity contribution >= 4 is 35.1 Å². The van der Waals surface area contributed by atoms with Gasteiger partial charge in [-0.05, 0) is 42.4 Å². The molecule has 1 aromatic carbocycles. The SMILES string of the molecule is N[C@H](Cc1ccc(Cl)c(Cl)c1)C(=O)NCC1(CC(=O)O)CCCCC1. The molecule has 0 bridgehead atoms. The lowest BCUT2D eigenvalue weighted by Gasteiger charge is -2.36. The Balaban J connectivity index is 1.92. The number of nitrogens with one attached hydrogen (secondary N) is 1. The van der Waals surface area contributed by atoms with Crippen LogP contribution in [0.25, 0.3) is 0 Å². The Bertz CT molecular complexity index is 631. The molecular weight excluding hydrogens is 363 g/mol. The molecule has 0 saturated heterocycles. The van der Waals surface area contributed by atoms with Gasteiger partial charge in [0.1, 0.15) is 0 Å². The monoisotopic (exact) mass is 386 g/mol. The third-order valence-electron chi connectivity index (χ3n) is 4.85. The van der Waals surface area contributed by atoms with E-state index in [1.807, 2.05) is 0 Å². The van der Waals surface area contributed by atoms with Crippen LogP contribution in [-0.2, 0) is 16.0 Å². The van der Waals surface area contributed by atoms with E-state index in [0.29, 0.717) is 23.0 Å². The minimum absolute atomic E-state index is 0.0787. The van der Waals surface area contributed by atoms with Gasteiger partial charge in [0.2, 0.25) is 5.91 Å². The lowest BCUT2D eigenvalue weighted by atomic mass is 9.71. The van der Waals surface area contributed by atoms with Gasteiger partial charge in [0.05, 0.1) is 22.5 Å². The second-order valence-corrected chi connectivity index (χ2v) is 7.72. The second kappa shape index (κ2) is 8.88. The van der Waals surface area contributed by atoms with E-state index in [1.165, 1.54) is 0 Å². The van der Waals surface area contributed by atoms with Crippen LogP contribution in [0.4, 0.5) is 0 Å². The van der Waals surface area contributed by atoms with Gasteiger partial charge in [0, 0.05) is 6.54 Å². The summed E-state index contributed by atoms with van der Waals surface area (Å²) in [5, 5.41) is 12.9. The number of carboxylic acid groups (broad SMARTS) is 1. The Kier molecular flexibility index (Phi) is 7.11. The summed E-state index contributed by atoms with van der Waals surface area (Å²) in [5.41, 5.74) is 6.46. The summed E-state index contributed by atoms with van der Waals surface area (Å²) >= 11 is 11.9. The Morgan fingerprint density at radius 1 is 1.20 bits per heavy atom. The molecule has 1 fully saturated rings. The van der Waals surface area contributed by atoms with Crippen molar-refractivity contribution in [2.45, 2.75) is 51.0 Å². The maximum atomic E-state index is 12.3. The minimum atomic E-state index is -0.823. The molecule has 7 heteroatoms. The first kappa shape index (κ1) is 20.0. The summed E-state index contributed by atoms with van der Waals surface area (Å²) in [6, 6.07) is 4.44. The van der Waals surface area contributed by atoms with E-state index in [1.54, 1.807) is 18.2 Å². The molecule has 1 aliphatic rings. The largest absolute Gasteiger partial charge is 0.481 e. The highest BCUT2D eigenvalue weighted by atomic mass is 35.5. The molecule has 1 aliphatic carbocycles. The first-order valence-electron chi connectivity index (χ1n) is 8.50. The van der Waals surface area contributed by atoms with Crippen molar-refractivity contribution in [3.8, 4) is 0 Å². The number of halogens is 2. The molecule has 1 amide bonds. The van der Waals surface area contributed by atoms with Gasteiger partial charge in [-0.25, -0.2) is 0 Å². The van der Waals surface area contributed by atoms with Gasteiger partial charge in [-0.1, -0.05) is 48.5 Å². The number of amides is 1. The van der Waals surface area contributed by atoms with E-state index >= 15 is 0 Å². The molecular formula is C18H24Cl2N2O3. The van der Waals surface area contributed by atoms with Crippen LogP contribution in [0.5, 0.6) is 0 Å². The van der Waals surface area contributed by atoms with Crippen LogP contribution in [0.1, 0.15) is 44.1 Å². The van der Waals surface area contributed by atoms with Gasteiger partial charge < -0.3 is 16.2 Å². The van der Waals surface area contributed by atoms with E-state index in [4.69, 9.17) is 28.9 Å². The van der Waals surface area contributed by atoms with Crippen molar-refractivity contribution in [2.24, 2.45) is 11.1 Å². The van der Waals surface area contributed by atoms with E-state index in [-0.39, 0.29) is 17.7 Å². The number of hydrogen-bond acceptors (Lipinski definition) is 3. The maximum Gasteiger partial charge on any atom is 0.303 e. The van der Waals surface area contributed by atoms with Crippen molar-refractivity contribution < 1.29 is 14.7 Å². The van der Waals surface area contributed by atoms with E-state index < -0.39 is 12.0 Å². The number of nitrogens with two attached hydrogens (primary N) is 1. The van der Waals surface area contributed by atoms with Crippen molar-refractivity contribution in [3.63, 3.8) is 0 Å². The summed E-state index contributed by atoms with van der Waals surface area (Å²) in [4.78, 5) is 23.5. The molecule has 25 heavy (non-hydrogen) atoms. The van der Waals surface area contributed by atoms with Crippen LogP contribution >= 0.6 is 23.2 Å². The lowest BCUT2D eigenvalue weighted by molar-refractivity contribution is -0.140. The van der Waals surface area contributed by atoms with E-state index in [2.05, 4.69) is 5.32 Å². The van der Waals surface area contributed by atoms with Crippen LogP contribution in [0.15, 0.2) is 18.2 Å². The highest BCUT2D eigenvalue weighted by Gasteiger charge is 2.35. The quantitative estimate of drug-likeness (QED) is 0.669. The molecule has 0 heterocycles. The molecule has 0 spiro atoms. The standard InChI is InChI=1S/C18H24Cl2N2O3/c19-13-5-4-12(8-14(13)20)9-15(21)17(25)22-11-18(10-16(23)24)6-2-1-3-7-18/h4-5,8,15H,1-3,6-7,9-11,21H2,(H,22,25)(H,23,24)/t15-/m1/s1. The average molecular weight is 387 g/mol. The molecule has 138 valence electrons. The third kappa shape index (κ3) is 5.87. The molecule has 0 unspecified atom stereocenters. The summed E-state index contributed by atoms with van der Waals surface area (Å²) in [5.74, 6) is -1.10. The number of carbonyl (C=O) groups is 2. The van der Waals surface area contributed by atoms with Crippen LogP contribution in [0.2, 0.25) is 10.0 Å². The highest BCUT2D eigenvalue weighted by molar-refractivity contribution is 6.42. The predicted molar refractivity (Wildman–Crippen MR) is 98.9 cm³/mol. The summed E-state index contributed by atoms with van der Waals surface area (Å²) in [7, 11) is 0. The predicted octanol–water partition coefficient (Wildman–Crippen LogP) is 3.40. The molecule has 1 aromatic rings. The molecule has 4 N–H and O–H groups in total. The first-order chi connectivity index (χ1) is 11.8. The fourth-order valence-corrected chi connectivity index (χ4v) is 3.78. The number of carboxylic acids is 1. The zero-order valence-corrected chi connectivity index (χ0v) is 15.6. The number of aliphatic carboxylic acids is 1. The molecule has 1 atom stereocenters. The molecule has 5 nitrogen and oxygen atoms in total. The van der Waals surface area contributed by atoms with E-state index in [9.17, 15) is 14.7 Å². The molecule has 1 saturated carbocycles. The summed E-state index contributed by atoms with van der Waals surface area (Å²) in [6.45, 7) is 0.354. The second-order valence-electron chi connectivity index (χ2n) is 6.91. The Morgan fingerprint density at radius 2 is 1.88 bits per heavy atom. The molecule has 0 aliphatic heterocycles. The Labute approximate surface area is 157 Å². The van der Waals surface area contributed by atoms with Gasteiger partial charge in [0.15, 0.2) is 0 Å². The first-order valence-corrected chi connectivity index (χ1v) is 9.26. The van der Waals surface area contributed by atoms with Gasteiger partial charge in [-0.15, -0.1) is 0 Å². The maximum absolute atomic E-state index is 12.3. The zero-order valence-electron chi connectivity index (χ0n) is 14.1. The highest BCUT2D eigenvalue weighted by Crippen LogP contribution is 2.38. The van der Waals surface area contributed by atoms with Crippen LogP contribution in [0, 0.1) is 5.41 Å². The summed E-state index contributed by atoms with van der Waals surface area (Å²) < 4.78 is 0. The normalized spacial score (nSPS) is 17.7.